The lowest BCUT2D eigenvalue weighted by Gasteiger charge is -2.30. The molecule has 1 N–H and O–H groups in total. The average Bonchev–Trinajstić information content (AvgIpc) is 3.23. The second-order valence-corrected chi connectivity index (χ2v) is 8.52. The van der Waals surface area contributed by atoms with E-state index < -0.39 is 10.8 Å². The van der Waals surface area contributed by atoms with Crippen LogP contribution in [0.2, 0.25) is 0 Å². The van der Waals surface area contributed by atoms with Gasteiger partial charge in [-0.1, -0.05) is 12.1 Å². The van der Waals surface area contributed by atoms with Crippen molar-refractivity contribution in [3.8, 4) is 0 Å². The number of non-ortho nitro benzene ring substituents is 1. The Morgan fingerprint density at radius 2 is 2.06 bits per heavy atom. The van der Waals surface area contributed by atoms with Gasteiger partial charge in [-0.3, -0.25) is 20.2 Å². The number of anilines is 2. The number of benzene rings is 2. The van der Waals surface area contributed by atoms with E-state index in [0.717, 1.165) is 10.4 Å². The molecule has 0 unspecified atom stereocenters. The highest BCUT2D eigenvalue weighted by Crippen LogP contribution is 2.28. The Hall–Kier alpha value is -3.37. The number of nitro benzene ring substituents is 1. The number of carbonyl (C=O) groups is 1. The van der Waals surface area contributed by atoms with Crippen molar-refractivity contribution in [2.45, 2.75) is 13.3 Å². The summed E-state index contributed by atoms with van der Waals surface area (Å²) in [5.74, 6) is -0.737. The molecule has 4 rings (SSSR count). The summed E-state index contributed by atoms with van der Waals surface area (Å²) in [6, 6.07) is 9.34. The van der Waals surface area contributed by atoms with Crippen molar-refractivity contribution >= 4 is 33.8 Å². The first kappa shape index (κ1) is 21.8. The first-order chi connectivity index (χ1) is 15.4. The predicted molar refractivity (Wildman–Crippen MR) is 120 cm³/mol. The van der Waals surface area contributed by atoms with E-state index in [1.54, 1.807) is 25.3 Å². The van der Waals surface area contributed by atoms with Gasteiger partial charge < -0.3 is 9.64 Å². The van der Waals surface area contributed by atoms with Crippen LogP contribution in [0.5, 0.6) is 0 Å². The molecule has 3 aromatic rings. The zero-order chi connectivity index (χ0) is 22.7. The van der Waals surface area contributed by atoms with Gasteiger partial charge in [0.2, 0.25) is 0 Å². The Kier molecular flexibility index (Phi) is 6.42. The Bertz CT molecular complexity index is 1160. The number of ether oxygens (including phenoxy) is 1. The molecular weight excluding hydrogens is 435 g/mol. The molecule has 1 aliphatic heterocycles. The summed E-state index contributed by atoms with van der Waals surface area (Å²) in [7, 11) is 0. The van der Waals surface area contributed by atoms with Crippen molar-refractivity contribution in [3.63, 3.8) is 0 Å². The third-order valence-electron chi connectivity index (χ3n) is 5.18. The summed E-state index contributed by atoms with van der Waals surface area (Å²) in [5, 5.41) is 14.4. The highest BCUT2D eigenvalue weighted by Gasteiger charge is 2.23. The minimum Gasteiger partial charge on any atom is -0.378 e. The second-order valence-electron chi connectivity index (χ2n) is 7.40. The van der Waals surface area contributed by atoms with Crippen molar-refractivity contribution < 1.29 is 18.8 Å². The summed E-state index contributed by atoms with van der Waals surface area (Å²) >= 11 is 1.28. The molecule has 0 atom stereocenters. The van der Waals surface area contributed by atoms with Crippen molar-refractivity contribution in [1.29, 1.82) is 0 Å². The topological polar surface area (TPSA) is 97.6 Å². The van der Waals surface area contributed by atoms with Crippen LogP contribution in [0.25, 0.3) is 0 Å². The van der Waals surface area contributed by atoms with Gasteiger partial charge in [0.05, 0.1) is 29.4 Å². The number of nitrogens with zero attached hydrogens (tertiary/aromatic N) is 3. The van der Waals surface area contributed by atoms with Crippen LogP contribution in [0.4, 0.5) is 20.9 Å². The summed E-state index contributed by atoms with van der Waals surface area (Å²) in [6.45, 7) is 3.93. The molecule has 1 saturated heterocycles. The highest BCUT2D eigenvalue weighted by molar-refractivity contribution is 7.15. The van der Waals surface area contributed by atoms with Crippen molar-refractivity contribution in [2.75, 3.05) is 36.5 Å². The number of carbonyl (C=O) groups excluding carboxylic acids is 1. The van der Waals surface area contributed by atoms with E-state index in [1.807, 2.05) is 11.0 Å². The van der Waals surface area contributed by atoms with E-state index in [4.69, 9.17) is 4.74 Å². The van der Waals surface area contributed by atoms with Gasteiger partial charge in [0.1, 0.15) is 5.82 Å². The molecule has 8 nitrogen and oxygen atoms in total. The fourth-order valence-electron chi connectivity index (χ4n) is 3.46. The molecule has 0 bridgehead atoms. The third kappa shape index (κ3) is 4.92. The molecule has 2 heterocycles. The van der Waals surface area contributed by atoms with Gasteiger partial charge in [0, 0.05) is 42.7 Å². The number of aryl methyl sites for hydroxylation is 1. The molecule has 2 aromatic carbocycles. The molecule has 1 fully saturated rings. The van der Waals surface area contributed by atoms with E-state index in [2.05, 4.69) is 10.3 Å². The van der Waals surface area contributed by atoms with Crippen LogP contribution in [0, 0.1) is 22.9 Å². The predicted octanol–water partition coefficient (Wildman–Crippen LogP) is 4.18. The van der Waals surface area contributed by atoms with E-state index in [9.17, 15) is 19.3 Å². The van der Waals surface area contributed by atoms with Gasteiger partial charge in [-0.2, -0.15) is 0 Å². The van der Waals surface area contributed by atoms with E-state index >= 15 is 0 Å². The fraction of sp³-hybridized carbons (Fsp3) is 0.273. The average molecular weight is 456 g/mol. The molecule has 1 aromatic heterocycles. The Morgan fingerprint density at radius 1 is 1.28 bits per heavy atom. The molecular formula is C22H21FN4O4S. The van der Waals surface area contributed by atoms with Gasteiger partial charge in [-0.25, -0.2) is 9.37 Å². The quantitative estimate of drug-likeness (QED) is 0.442. The van der Waals surface area contributed by atoms with Crippen molar-refractivity contribution in [3.05, 3.63) is 80.1 Å². The number of nitrogens with one attached hydrogen (secondary N) is 1. The number of thiazole rings is 1. The smallest absolute Gasteiger partial charge is 0.270 e. The molecule has 166 valence electrons. The molecule has 10 heteroatoms. The number of hydrogen-bond donors (Lipinski definition) is 1. The van der Waals surface area contributed by atoms with Crippen LogP contribution >= 0.6 is 11.3 Å². The molecule has 0 spiro atoms. The Morgan fingerprint density at radius 3 is 2.78 bits per heavy atom. The van der Waals surface area contributed by atoms with Crippen molar-refractivity contribution in [2.24, 2.45) is 0 Å². The molecule has 32 heavy (non-hydrogen) atoms. The molecule has 0 aliphatic carbocycles. The lowest BCUT2D eigenvalue weighted by molar-refractivity contribution is -0.384. The van der Waals surface area contributed by atoms with Crippen LogP contribution < -0.4 is 10.2 Å². The maximum atomic E-state index is 13.8. The number of aromatic nitrogens is 1. The first-order valence-electron chi connectivity index (χ1n) is 10.0. The summed E-state index contributed by atoms with van der Waals surface area (Å²) in [5.41, 5.74) is 2.05. The van der Waals surface area contributed by atoms with Gasteiger partial charge in [0.25, 0.3) is 11.6 Å². The summed E-state index contributed by atoms with van der Waals surface area (Å²) < 4.78 is 19.2. The normalized spacial score (nSPS) is 13.8. The minimum absolute atomic E-state index is 0.159. The monoisotopic (exact) mass is 456 g/mol. The SMILES string of the molecule is Cc1ccc(Cc2cnc(NC(=O)c3cc([N+](=O)[O-])ccc3N3CCOCC3)s2)cc1F. The number of rotatable bonds is 6. The number of morpholine rings is 1. The van der Waals surface area contributed by atoms with Crippen LogP contribution in [0.3, 0.4) is 0 Å². The number of nitro groups is 1. The molecule has 0 saturated carbocycles. The van der Waals surface area contributed by atoms with Crippen LogP contribution in [0.15, 0.2) is 42.6 Å². The number of halogens is 1. The van der Waals surface area contributed by atoms with E-state index in [1.165, 1.54) is 29.5 Å². The van der Waals surface area contributed by atoms with E-state index in [0.29, 0.717) is 49.1 Å². The van der Waals surface area contributed by atoms with E-state index in [-0.39, 0.29) is 17.1 Å². The minimum atomic E-state index is -0.526. The van der Waals surface area contributed by atoms with Gasteiger partial charge in [-0.15, -0.1) is 11.3 Å². The van der Waals surface area contributed by atoms with Crippen molar-refractivity contribution in [1.82, 2.24) is 4.98 Å². The van der Waals surface area contributed by atoms with Crippen LogP contribution in [0.1, 0.15) is 26.4 Å². The van der Waals surface area contributed by atoms with Gasteiger partial charge >= 0.3 is 0 Å². The lowest BCUT2D eigenvalue weighted by Crippen LogP contribution is -2.37. The summed E-state index contributed by atoms with van der Waals surface area (Å²) in [4.78, 5) is 30.8. The third-order valence-corrected chi connectivity index (χ3v) is 6.09. The zero-order valence-corrected chi connectivity index (χ0v) is 18.2. The molecule has 1 amide bonds. The lowest BCUT2D eigenvalue weighted by atomic mass is 10.1. The molecule has 0 radical (unpaired) electrons. The Labute approximate surface area is 187 Å². The molecule has 1 aliphatic rings. The fourth-order valence-corrected chi connectivity index (χ4v) is 4.30. The standard InChI is InChI=1S/C22H21FN4O4S/c1-14-2-3-15(11-19(14)23)10-17-13-24-22(32-17)25-21(28)18-12-16(27(29)30)4-5-20(18)26-6-8-31-9-7-26/h2-5,11-13H,6-10H2,1H3,(H,24,25,28). The summed E-state index contributed by atoms with van der Waals surface area (Å²) in [6.07, 6.45) is 2.12. The van der Waals surface area contributed by atoms with Gasteiger partial charge in [0.15, 0.2) is 5.13 Å². The van der Waals surface area contributed by atoms with Crippen LogP contribution in [-0.4, -0.2) is 42.1 Å². The number of amides is 1. The number of hydrogen-bond acceptors (Lipinski definition) is 7. The largest absolute Gasteiger partial charge is 0.378 e. The van der Waals surface area contributed by atoms with Gasteiger partial charge in [-0.05, 0) is 30.2 Å². The highest BCUT2D eigenvalue weighted by atomic mass is 32.1. The maximum absolute atomic E-state index is 13.8. The zero-order valence-electron chi connectivity index (χ0n) is 17.3. The first-order valence-corrected chi connectivity index (χ1v) is 10.8. The second kappa shape index (κ2) is 9.41. The Balaban J connectivity index is 1.53. The maximum Gasteiger partial charge on any atom is 0.270 e. The van der Waals surface area contributed by atoms with Crippen LogP contribution in [-0.2, 0) is 11.2 Å².